The smallest absolute Gasteiger partial charge is 0.237 e. The van der Waals surface area contributed by atoms with E-state index in [4.69, 9.17) is 21.1 Å². The monoisotopic (exact) mass is 389 g/mol. The molecule has 0 aliphatic carbocycles. The first kappa shape index (κ1) is 17.1. The third-order valence-electron chi connectivity index (χ3n) is 3.89. The van der Waals surface area contributed by atoms with Crippen LogP contribution in [-0.2, 0) is 4.79 Å². The topological polar surface area (TPSA) is 76.2 Å². The van der Waals surface area contributed by atoms with Gasteiger partial charge >= 0.3 is 0 Å². The van der Waals surface area contributed by atoms with Gasteiger partial charge in [0.25, 0.3) is 0 Å². The quantitative estimate of drug-likeness (QED) is 0.657. The molecule has 1 atom stereocenters. The first-order valence-corrected chi connectivity index (χ1v) is 9.37. The van der Waals surface area contributed by atoms with Crippen LogP contribution in [0.15, 0.2) is 41.6 Å². The first-order chi connectivity index (χ1) is 12.6. The molecule has 3 aromatic rings. The van der Waals surface area contributed by atoms with Gasteiger partial charge in [0.15, 0.2) is 16.7 Å². The number of benzene rings is 2. The number of ether oxygens (including phenoxy) is 2. The molecular formula is C18H16ClN3O3S. The molecule has 0 unspecified atom stereocenters. The average molecular weight is 390 g/mol. The van der Waals surface area contributed by atoms with Crippen molar-refractivity contribution >= 4 is 46.0 Å². The molecule has 0 saturated carbocycles. The molecule has 0 bridgehead atoms. The van der Waals surface area contributed by atoms with Gasteiger partial charge in [-0.05, 0) is 37.3 Å². The maximum atomic E-state index is 12.5. The molecule has 1 aromatic heterocycles. The van der Waals surface area contributed by atoms with Gasteiger partial charge in [0.2, 0.25) is 5.91 Å². The third kappa shape index (κ3) is 3.59. The van der Waals surface area contributed by atoms with E-state index in [1.807, 2.05) is 19.1 Å². The number of hydrogen-bond acceptors (Lipinski definition) is 5. The number of rotatable bonds is 4. The summed E-state index contributed by atoms with van der Waals surface area (Å²) < 4.78 is 11.0. The number of fused-ring (bicyclic) bond motifs is 2. The van der Waals surface area contributed by atoms with E-state index >= 15 is 0 Å². The van der Waals surface area contributed by atoms with Crippen LogP contribution in [0.3, 0.4) is 0 Å². The summed E-state index contributed by atoms with van der Waals surface area (Å²) in [5.41, 5.74) is 2.33. The highest BCUT2D eigenvalue weighted by molar-refractivity contribution is 8.00. The maximum Gasteiger partial charge on any atom is 0.237 e. The number of thioether (sulfide) groups is 1. The summed E-state index contributed by atoms with van der Waals surface area (Å²) in [6.45, 7) is 2.87. The summed E-state index contributed by atoms with van der Waals surface area (Å²) in [4.78, 5) is 20.1. The van der Waals surface area contributed by atoms with Crippen LogP contribution < -0.4 is 14.8 Å². The Balaban J connectivity index is 1.43. The van der Waals surface area contributed by atoms with Crippen molar-refractivity contribution in [3.05, 3.63) is 41.4 Å². The molecule has 0 fully saturated rings. The van der Waals surface area contributed by atoms with Crippen molar-refractivity contribution in [1.82, 2.24) is 9.97 Å². The van der Waals surface area contributed by atoms with E-state index in [0.717, 1.165) is 11.0 Å². The van der Waals surface area contributed by atoms with Gasteiger partial charge in [-0.25, -0.2) is 4.98 Å². The Kier molecular flexibility index (Phi) is 4.65. The highest BCUT2D eigenvalue weighted by Crippen LogP contribution is 2.33. The fourth-order valence-corrected chi connectivity index (χ4v) is 3.59. The molecule has 8 heteroatoms. The van der Waals surface area contributed by atoms with Gasteiger partial charge in [0, 0.05) is 16.8 Å². The summed E-state index contributed by atoms with van der Waals surface area (Å²) in [6, 6.07) is 10.8. The van der Waals surface area contributed by atoms with E-state index in [1.54, 1.807) is 24.3 Å². The minimum Gasteiger partial charge on any atom is -0.486 e. The molecule has 6 nitrogen and oxygen atoms in total. The SMILES string of the molecule is C[C@H](Sc1nc2ccc(Cl)cc2[nH]1)C(=O)Nc1ccc2c(c1)OCCO2. The second-order valence-corrected chi connectivity index (χ2v) is 7.58. The largest absolute Gasteiger partial charge is 0.486 e. The summed E-state index contributed by atoms with van der Waals surface area (Å²) in [7, 11) is 0. The molecule has 1 amide bonds. The summed E-state index contributed by atoms with van der Waals surface area (Å²) in [6.07, 6.45) is 0. The Morgan fingerprint density at radius 1 is 1.23 bits per heavy atom. The van der Waals surface area contributed by atoms with Crippen molar-refractivity contribution in [3.8, 4) is 11.5 Å². The molecule has 26 heavy (non-hydrogen) atoms. The Bertz CT molecular complexity index is 975. The van der Waals surface area contributed by atoms with Crippen molar-refractivity contribution in [2.24, 2.45) is 0 Å². The minimum atomic E-state index is -0.334. The van der Waals surface area contributed by atoms with Crippen molar-refractivity contribution in [2.45, 2.75) is 17.3 Å². The first-order valence-electron chi connectivity index (χ1n) is 8.11. The fourth-order valence-electron chi connectivity index (χ4n) is 2.60. The van der Waals surface area contributed by atoms with Gasteiger partial charge in [-0.2, -0.15) is 0 Å². The average Bonchev–Trinajstić information content (AvgIpc) is 3.02. The predicted molar refractivity (Wildman–Crippen MR) is 102 cm³/mol. The van der Waals surface area contributed by atoms with Crippen LogP contribution in [0, 0.1) is 0 Å². The summed E-state index contributed by atoms with van der Waals surface area (Å²) in [5.74, 6) is 1.21. The van der Waals surface area contributed by atoms with Crippen LogP contribution in [0.1, 0.15) is 6.92 Å². The number of aromatic amines is 1. The van der Waals surface area contributed by atoms with Gasteiger partial charge < -0.3 is 19.8 Å². The molecule has 1 aliphatic heterocycles. The second-order valence-electron chi connectivity index (χ2n) is 5.81. The number of aromatic nitrogens is 2. The lowest BCUT2D eigenvalue weighted by atomic mass is 10.2. The van der Waals surface area contributed by atoms with Crippen molar-refractivity contribution < 1.29 is 14.3 Å². The number of imidazole rings is 1. The van der Waals surface area contributed by atoms with E-state index in [1.165, 1.54) is 11.8 Å². The number of amides is 1. The molecule has 0 saturated heterocycles. The molecule has 1 aliphatic rings. The zero-order valence-corrected chi connectivity index (χ0v) is 15.5. The number of anilines is 1. The van der Waals surface area contributed by atoms with E-state index in [9.17, 15) is 4.79 Å². The summed E-state index contributed by atoms with van der Waals surface area (Å²) in [5, 5.41) is 3.88. The highest BCUT2D eigenvalue weighted by Gasteiger charge is 2.18. The van der Waals surface area contributed by atoms with Crippen molar-refractivity contribution in [3.63, 3.8) is 0 Å². The van der Waals surface area contributed by atoms with Crippen LogP contribution in [0.4, 0.5) is 5.69 Å². The molecule has 4 rings (SSSR count). The highest BCUT2D eigenvalue weighted by atomic mass is 35.5. The Morgan fingerprint density at radius 3 is 2.88 bits per heavy atom. The van der Waals surface area contributed by atoms with Gasteiger partial charge in [-0.3, -0.25) is 4.79 Å². The summed E-state index contributed by atoms with van der Waals surface area (Å²) >= 11 is 7.34. The van der Waals surface area contributed by atoms with E-state index in [-0.39, 0.29) is 11.2 Å². The Hall–Kier alpha value is -2.38. The number of nitrogens with zero attached hydrogens (tertiary/aromatic N) is 1. The van der Waals surface area contributed by atoms with Crippen LogP contribution >= 0.6 is 23.4 Å². The number of carbonyl (C=O) groups is 1. The number of hydrogen-bond donors (Lipinski definition) is 2. The molecular weight excluding hydrogens is 374 g/mol. The molecule has 0 spiro atoms. The van der Waals surface area contributed by atoms with Crippen LogP contribution in [-0.4, -0.2) is 34.3 Å². The predicted octanol–water partition coefficient (Wildman–Crippen LogP) is 4.11. The molecule has 0 radical (unpaired) electrons. The van der Waals surface area contributed by atoms with Crippen molar-refractivity contribution in [1.29, 1.82) is 0 Å². The van der Waals surface area contributed by atoms with E-state index in [2.05, 4.69) is 15.3 Å². The van der Waals surface area contributed by atoms with Gasteiger partial charge in [0.05, 0.1) is 16.3 Å². The third-order valence-corrected chi connectivity index (χ3v) is 5.11. The number of halogens is 1. The van der Waals surface area contributed by atoms with E-state index < -0.39 is 0 Å². The molecule has 2 N–H and O–H groups in total. The van der Waals surface area contributed by atoms with Gasteiger partial charge in [-0.1, -0.05) is 23.4 Å². The molecule has 2 heterocycles. The lowest BCUT2D eigenvalue weighted by Crippen LogP contribution is -2.23. The number of carbonyl (C=O) groups excluding carboxylic acids is 1. The number of nitrogens with one attached hydrogen (secondary N) is 2. The van der Waals surface area contributed by atoms with E-state index in [0.29, 0.717) is 40.6 Å². The second kappa shape index (κ2) is 7.09. The lowest BCUT2D eigenvalue weighted by Gasteiger charge is -2.19. The molecule has 2 aromatic carbocycles. The van der Waals surface area contributed by atoms with Crippen molar-refractivity contribution in [2.75, 3.05) is 18.5 Å². The van der Waals surface area contributed by atoms with Crippen LogP contribution in [0.25, 0.3) is 11.0 Å². The zero-order valence-electron chi connectivity index (χ0n) is 13.9. The lowest BCUT2D eigenvalue weighted by molar-refractivity contribution is -0.115. The zero-order chi connectivity index (χ0) is 18.1. The number of H-pyrrole nitrogens is 1. The van der Waals surface area contributed by atoms with Crippen LogP contribution in [0.2, 0.25) is 5.02 Å². The fraction of sp³-hybridized carbons (Fsp3) is 0.222. The minimum absolute atomic E-state index is 0.120. The maximum absolute atomic E-state index is 12.5. The Labute approximate surface area is 159 Å². The van der Waals surface area contributed by atoms with Gasteiger partial charge in [0.1, 0.15) is 13.2 Å². The molecule has 134 valence electrons. The van der Waals surface area contributed by atoms with Crippen LogP contribution in [0.5, 0.6) is 11.5 Å². The standard InChI is InChI=1S/C18H16ClN3O3S/c1-10(26-18-21-13-4-2-11(19)8-14(13)22-18)17(23)20-12-3-5-15-16(9-12)25-7-6-24-15/h2-5,8-10H,6-7H2,1H3,(H,20,23)(H,21,22)/t10-/m0/s1. The normalized spacial score (nSPS) is 14.2. The Morgan fingerprint density at radius 2 is 2.04 bits per heavy atom. The van der Waals surface area contributed by atoms with Gasteiger partial charge in [-0.15, -0.1) is 0 Å².